The number of hydrogen-bond donors (Lipinski definition) is 2. The van der Waals surface area contributed by atoms with Crippen molar-refractivity contribution in [2.75, 3.05) is 51.3 Å². The molecule has 2 aliphatic rings. The molecule has 0 unspecified atom stereocenters. The van der Waals surface area contributed by atoms with Crippen LogP contribution in [-0.2, 0) is 4.74 Å². The van der Waals surface area contributed by atoms with Crippen LogP contribution in [0.2, 0.25) is 0 Å². The van der Waals surface area contributed by atoms with Gasteiger partial charge in [0.15, 0.2) is 5.82 Å². The fourth-order valence-electron chi connectivity index (χ4n) is 5.92. The standard InChI is InChI=1S/C31H41FN6O5/c1-18(2)42-30(40)37-11-9-31(10-12-37)16-38(17-31)29-19(3)27(26-20(4)36-43-21(26)5)34-28(35-29)24-13-23(7-8-25(24)32)41-15-22(39)14-33-6/h7-8,13,18,22,33,39H,9-12,14-17H2,1-6H3/t22-/m1/s1. The van der Waals surface area contributed by atoms with Crippen LogP contribution in [0, 0.1) is 32.0 Å². The second-order valence-corrected chi connectivity index (χ2v) is 12.0. The second kappa shape index (κ2) is 12.5. The van der Waals surface area contributed by atoms with Crippen LogP contribution in [0.4, 0.5) is 15.0 Å². The van der Waals surface area contributed by atoms with Gasteiger partial charge in [-0.3, -0.25) is 0 Å². The number of rotatable bonds is 9. The summed E-state index contributed by atoms with van der Waals surface area (Å²) in [6.07, 6.45) is 0.631. The Morgan fingerprint density at radius 2 is 1.91 bits per heavy atom. The first-order valence-electron chi connectivity index (χ1n) is 14.8. The number of aliphatic hydroxyl groups is 1. The van der Waals surface area contributed by atoms with Gasteiger partial charge in [-0.1, -0.05) is 5.16 Å². The van der Waals surface area contributed by atoms with Crippen LogP contribution in [0.1, 0.15) is 43.7 Å². The Morgan fingerprint density at radius 1 is 1.19 bits per heavy atom. The van der Waals surface area contributed by atoms with E-state index in [-0.39, 0.29) is 35.6 Å². The topological polar surface area (TPSA) is 126 Å². The zero-order valence-corrected chi connectivity index (χ0v) is 25.7. The highest BCUT2D eigenvalue weighted by Crippen LogP contribution is 2.45. The summed E-state index contributed by atoms with van der Waals surface area (Å²) >= 11 is 0. The van der Waals surface area contributed by atoms with E-state index in [1.165, 1.54) is 12.1 Å². The maximum atomic E-state index is 15.3. The smallest absolute Gasteiger partial charge is 0.410 e. The van der Waals surface area contributed by atoms with E-state index in [0.29, 0.717) is 42.5 Å². The molecule has 3 aromatic rings. The molecule has 0 aliphatic carbocycles. The van der Waals surface area contributed by atoms with Crippen molar-refractivity contribution in [3.63, 3.8) is 0 Å². The highest BCUT2D eigenvalue weighted by atomic mass is 19.1. The van der Waals surface area contributed by atoms with Crippen molar-refractivity contribution < 1.29 is 28.3 Å². The molecule has 2 aliphatic heterocycles. The Morgan fingerprint density at radius 3 is 2.53 bits per heavy atom. The van der Waals surface area contributed by atoms with Crippen LogP contribution in [0.3, 0.4) is 0 Å². The molecular weight excluding hydrogens is 555 g/mol. The lowest BCUT2D eigenvalue weighted by molar-refractivity contribution is 0.0396. The number of amides is 1. The minimum absolute atomic E-state index is 0.0543. The number of aryl methyl sites for hydroxylation is 2. The van der Waals surface area contributed by atoms with Crippen LogP contribution < -0.4 is 15.0 Å². The maximum absolute atomic E-state index is 15.3. The second-order valence-electron chi connectivity index (χ2n) is 12.0. The zero-order chi connectivity index (χ0) is 30.9. The first-order chi connectivity index (χ1) is 20.5. The predicted molar refractivity (Wildman–Crippen MR) is 160 cm³/mol. The summed E-state index contributed by atoms with van der Waals surface area (Å²) in [6.45, 7) is 12.6. The maximum Gasteiger partial charge on any atom is 0.410 e. The molecule has 4 heterocycles. The van der Waals surface area contributed by atoms with Crippen molar-refractivity contribution in [1.82, 2.24) is 25.3 Å². The Kier molecular flexibility index (Phi) is 8.89. The van der Waals surface area contributed by atoms with Gasteiger partial charge in [0.25, 0.3) is 0 Å². The summed E-state index contributed by atoms with van der Waals surface area (Å²) in [6, 6.07) is 4.42. The molecule has 2 N–H and O–H groups in total. The highest BCUT2D eigenvalue weighted by Gasteiger charge is 2.47. The number of halogens is 1. The molecular formula is C31H41FN6O5. The van der Waals surface area contributed by atoms with Gasteiger partial charge in [-0.25, -0.2) is 19.2 Å². The van der Waals surface area contributed by atoms with Crippen LogP contribution in [0.15, 0.2) is 22.7 Å². The first-order valence-corrected chi connectivity index (χ1v) is 14.8. The molecule has 2 fully saturated rings. The van der Waals surface area contributed by atoms with Crippen LogP contribution >= 0.6 is 0 Å². The number of likely N-dealkylation sites (tertiary alicyclic amines) is 1. The summed E-state index contributed by atoms with van der Waals surface area (Å²) < 4.78 is 31.9. The third-order valence-electron chi connectivity index (χ3n) is 8.22. The molecule has 232 valence electrons. The number of hydrogen-bond acceptors (Lipinski definition) is 10. The molecule has 1 atom stereocenters. The lowest BCUT2D eigenvalue weighted by Crippen LogP contribution is -2.61. The molecule has 43 heavy (non-hydrogen) atoms. The minimum Gasteiger partial charge on any atom is -0.491 e. The van der Waals surface area contributed by atoms with Crippen molar-refractivity contribution in [3.05, 3.63) is 41.0 Å². The van der Waals surface area contributed by atoms with Crippen molar-refractivity contribution >= 4 is 11.9 Å². The zero-order valence-electron chi connectivity index (χ0n) is 25.7. The summed E-state index contributed by atoms with van der Waals surface area (Å²) in [5.41, 5.74) is 3.21. The third-order valence-corrected chi connectivity index (χ3v) is 8.22. The molecule has 2 saturated heterocycles. The van der Waals surface area contributed by atoms with Crippen LogP contribution in [0.25, 0.3) is 22.6 Å². The number of piperidine rings is 1. The number of ether oxygens (including phenoxy) is 2. The Balaban J connectivity index is 1.44. The van der Waals surface area contributed by atoms with E-state index in [2.05, 4.69) is 15.4 Å². The molecule has 2 aromatic heterocycles. The van der Waals surface area contributed by atoms with E-state index >= 15 is 4.39 Å². The van der Waals surface area contributed by atoms with E-state index in [1.807, 2.05) is 34.6 Å². The summed E-state index contributed by atoms with van der Waals surface area (Å²) in [5, 5.41) is 17.1. The van der Waals surface area contributed by atoms with E-state index < -0.39 is 11.9 Å². The van der Waals surface area contributed by atoms with Gasteiger partial charge in [-0.2, -0.15) is 0 Å². The van der Waals surface area contributed by atoms with E-state index in [1.54, 1.807) is 18.0 Å². The van der Waals surface area contributed by atoms with Gasteiger partial charge in [0.05, 0.1) is 28.6 Å². The van der Waals surface area contributed by atoms with Crippen molar-refractivity contribution in [1.29, 1.82) is 0 Å². The van der Waals surface area contributed by atoms with Gasteiger partial charge >= 0.3 is 6.09 Å². The number of nitrogens with zero attached hydrogens (tertiary/aromatic N) is 5. The minimum atomic E-state index is -0.710. The van der Waals surface area contributed by atoms with Gasteiger partial charge in [0.1, 0.15) is 35.9 Å². The van der Waals surface area contributed by atoms with Crippen molar-refractivity contribution in [2.45, 2.75) is 59.7 Å². The number of aliphatic hydroxyl groups excluding tert-OH is 1. The largest absolute Gasteiger partial charge is 0.491 e. The fourth-order valence-corrected chi connectivity index (χ4v) is 5.92. The average Bonchev–Trinajstić information content (AvgIpc) is 3.28. The number of benzene rings is 1. The summed E-state index contributed by atoms with van der Waals surface area (Å²) in [4.78, 5) is 26.1. The molecule has 1 aromatic carbocycles. The normalized spacial score (nSPS) is 16.9. The van der Waals surface area contributed by atoms with Gasteiger partial charge in [0.2, 0.25) is 0 Å². The van der Waals surface area contributed by atoms with Gasteiger partial charge in [-0.15, -0.1) is 0 Å². The van der Waals surface area contributed by atoms with Gasteiger partial charge in [-0.05, 0) is 72.7 Å². The molecule has 0 radical (unpaired) electrons. The molecule has 1 amide bonds. The van der Waals surface area contributed by atoms with E-state index in [0.717, 1.165) is 42.9 Å². The molecule has 5 rings (SSSR count). The number of aromatic nitrogens is 3. The third kappa shape index (κ3) is 6.45. The Bertz CT molecular complexity index is 1440. The van der Waals surface area contributed by atoms with Crippen LogP contribution in [0.5, 0.6) is 5.75 Å². The van der Waals surface area contributed by atoms with Crippen molar-refractivity contribution in [3.8, 4) is 28.4 Å². The Labute approximate surface area is 251 Å². The Hall–Kier alpha value is -3.77. The fraction of sp³-hybridized carbons (Fsp3) is 0.548. The van der Waals surface area contributed by atoms with E-state index in [4.69, 9.17) is 24.0 Å². The monoisotopic (exact) mass is 596 g/mol. The molecule has 12 heteroatoms. The number of anilines is 1. The first kappa shape index (κ1) is 30.7. The van der Waals surface area contributed by atoms with Crippen molar-refractivity contribution in [2.24, 2.45) is 5.41 Å². The summed E-state index contributed by atoms with van der Waals surface area (Å²) in [5.74, 6) is 1.49. The molecule has 11 nitrogen and oxygen atoms in total. The highest BCUT2D eigenvalue weighted by molar-refractivity contribution is 5.75. The predicted octanol–water partition coefficient (Wildman–Crippen LogP) is 4.27. The SMILES string of the molecule is CNC[C@@H](O)COc1ccc(F)c(-c2nc(-c3c(C)noc3C)c(C)c(N3CC4(CCN(C(=O)OC(C)C)CC4)C3)n2)c1. The van der Waals surface area contributed by atoms with E-state index in [9.17, 15) is 9.90 Å². The number of likely N-dealkylation sites (N-methyl/N-ethyl adjacent to an activating group) is 1. The lowest BCUT2D eigenvalue weighted by atomic mass is 9.72. The number of carbonyl (C=O) groups excluding carboxylic acids is 1. The number of nitrogens with one attached hydrogen (secondary N) is 1. The van der Waals surface area contributed by atoms with Crippen LogP contribution in [-0.4, -0.2) is 89.8 Å². The lowest BCUT2D eigenvalue weighted by Gasteiger charge is -2.54. The molecule has 1 spiro atoms. The molecule has 0 saturated carbocycles. The number of carbonyl (C=O) groups is 1. The van der Waals surface area contributed by atoms with Gasteiger partial charge in [0, 0.05) is 43.7 Å². The van der Waals surface area contributed by atoms with Gasteiger partial charge < -0.3 is 34.2 Å². The average molecular weight is 597 g/mol. The summed E-state index contributed by atoms with van der Waals surface area (Å²) in [7, 11) is 1.74. The quantitative estimate of drug-likeness (QED) is 0.370. The molecule has 0 bridgehead atoms.